The molecule has 3 nitrogen and oxygen atoms in total. The molecule has 0 aliphatic rings. The number of rotatable bonds is 3. The molecular formula is C8H7NO2. The predicted octanol–water partition coefficient (Wildman–Crippen LogP) is 1.07. The Morgan fingerprint density at radius 3 is 2.18 bits per heavy atom. The first-order chi connectivity index (χ1) is 5.36. The summed E-state index contributed by atoms with van der Waals surface area (Å²) < 4.78 is 0. The van der Waals surface area contributed by atoms with E-state index in [2.05, 4.69) is 5.32 Å². The summed E-state index contributed by atoms with van der Waals surface area (Å²) >= 11 is 0. The molecule has 1 amide bonds. The number of anilines is 1. The number of hydrogen-bond donors (Lipinski definition) is 1. The first kappa shape index (κ1) is 7.47. The zero-order chi connectivity index (χ0) is 8.10. The second kappa shape index (κ2) is 3.51. The van der Waals surface area contributed by atoms with Crippen LogP contribution >= 0.6 is 0 Å². The molecule has 3 heteroatoms. The van der Waals surface area contributed by atoms with Crippen LogP contribution in [0.4, 0.5) is 5.69 Å². The largest absolute Gasteiger partial charge is 0.329 e. The average molecular weight is 149 g/mol. The molecule has 1 rings (SSSR count). The van der Waals surface area contributed by atoms with Crippen molar-refractivity contribution in [2.75, 3.05) is 5.32 Å². The second-order valence-electron chi connectivity index (χ2n) is 2.00. The van der Waals surface area contributed by atoms with Crippen molar-refractivity contribution in [3.63, 3.8) is 0 Å². The van der Waals surface area contributed by atoms with Crippen molar-refractivity contribution in [1.29, 1.82) is 0 Å². The third-order valence-corrected chi connectivity index (χ3v) is 1.27. The Morgan fingerprint density at radius 1 is 1.09 bits per heavy atom. The van der Waals surface area contributed by atoms with E-state index in [0.717, 1.165) is 6.29 Å². The fraction of sp³-hybridized carbons (Fsp3) is 0. The molecule has 0 bridgehead atoms. The predicted molar refractivity (Wildman–Crippen MR) is 41.5 cm³/mol. The molecule has 0 fully saturated rings. The molecule has 56 valence electrons. The van der Waals surface area contributed by atoms with Crippen LogP contribution in [0, 0.1) is 0 Å². The topological polar surface area (TPSA) is 46.2 Å². The highest BCUT2D eigenvalue weighted by molar-refractivity contribution is 5.77. The van der Waals surface area contributed by atoms with Crippen molar-refractivity contribution in [3.05, 3.63) is 29.8 Å². The standard InChI is InChI=1S/C8H7NO2/c10-5-7-1-3-8(4-2-7)9-6-11/h1-6H,(H,9,11). The lowest BCUT2D eigenvalue weighted by Crippen LogP contribution is -1.92. The summed E-state index contributed by atoms with van der Waals surface area (Å²) in [6.07, 6.45) is 1.35. The van der Waals surface area contributed by atoms with Gasteiger partial charge in [-0.2, -0.15) is 0 Å². The van der Waals surface area contributed by atoms with Crippen LogP contribution in [-0.2, 0) is 4.79 Å². The van der Waals surface area contributed by atoms with Crippen LogP contribution in [0.1, 0.15) is 10.4 Å². The third-order valence-electron chi connectivity index (χ3n) is 1.27. The Labute approximate surface area is 64.0 Å². The molecule has 0 aliphatic heterocycles. The maximum Gasteiger partial charge on any atom is 0.211 e. The van der Waals surface area contributed by atoms with Gasteiger partial charge in [-0.25, -0.2) is 0 Å². The van der Waals surface area contributed by atoms with E-state index in [-0.39, 0.29) is 0 Å². The van der Waals surface area contributed by atoms with Crippen LogP contribution in [0.25, 0.3) is 0 Å². The molecule has 0 unspecified atom stereocenters. The molecule has 0 radical (unpaired) electrons. The molecule has 0 saturated carbocycles. The molecule has 1 aromatic rings. The van der Waals surface area contributed by atoms with Gasteiger partial charge < -0.3 is 5.32 Å². The molecule has 1 aromatic carbocycles. The van der Waals surface area contributed by atoms with Gasteiger partial charge in [0.1, 0.15) is 6.29 Å². The number of aldehydes is 1. The van der Waals surface area contributed by atoms with Crippen molar-refractivity contribution < 1.29 is 9.59 Å². The Balaban J connectivity index is 2.81. The highest BCUT2D eigenvalue weighted by atomic mass is 16.1. The number of amides is 1. The summed E-state index contributed by atoms with van der Waals surface area (Å²) in [6.45, 7) is 0. The monoisotopic (exact) mass is 149 g/mol. The number of carbonyl (C=O) groups excluding carboxylic acids is 2. The van der Waals surface area contributed by atoms with Crippen molar-refractivity contribution in [2.45, 2.75) is 0 Å². The molecule has 0 atom stereocenters. The minimum Gasteiger partial charge on any atom is -0.329 e. The van der Waals surface area contributed by atoms with E-state index < -0.39 is 0 Å². The zero-order valence-electron chi connectivity index (χ0n) is 5.78. The fourth-order valence-electron chi connectivity index (χ4n) is 0.726. The molecule has 0 aliphatic carbocycles. The van der Waals surface area contributed by atoms with Gasteiger partial charge in [-0.05, 0) is 24.3 Å². The van der Waals surface area contributed by atoms with Gasteiger partial charge in [0, 0.05) is 11.3 Å². The Kier molecular flexibility index (Phi) is 2.38. The lowest BCUT2D eigenvalue weighted by Gasteiger charge is -1.96. The smallest absolute Gasteiger partial charge is 0.211 e. The molecule has 11 heavy (non-hydrogen) atoms. The number of carbonyl (C=O) groups is 2. The van der Waals surface area contributed by atoms with Crippen LogP contribution in [0.15, 0.2) is 24.3 Å². The maximum absolute atomic E-state index is 10.2. The van der Waals surface area contributed by atoms with Crippen molar-refractivity contribution >= 4 is 18.4 Å². The van der Waals surface area contributed by atoms with Gasteiger partial charge in [0.25, 0.3) is 0 Å². The van der Waals surface area contributed by atoms with E-state index in [0.29, 0.717) is 17.7 Å². The van der Waals surface area contributed by atoms with Crippen LogP contribution in [0.5, 0.6) is 0 Å². The highest BCUT2D eigenvalue weighted by Gasteiger charge is 1.89. The summed E-state index contributed by atoms with van der Waals surface area (Å²) in [7, 11) is 0. The number of hydrogen-bond acceptors (Lipinski definition) is 2. The van der Waals surface area contributed by atoms with Gasteiger partial charge in [-0.3, -0.25) is 9.59 Å². The zero-order valence-corrected chi connectivity index (χ0v) is 5.78. The first-order valence-corrected chi connectivity index (χ1v) is 3.12. The van der Waals surface area contributed by atoms with Gasteiger partial charge in [-0.1, -0.05) is 0 Å². The van der Waals surface area contributed by atoms with Crippen LogP contribution in [0.2, 0.25) is 0 Å². The summed E-state index contributed by atoms with van der Waals surface area (Å²) in [5.74, 6) is 0. The normalized spacial score (nSPS) is 8.73. The lowest BCUT2D eigenvalue weighted by molar-refractivity contribution is -0.105. The van der Waals surface area contributed by atoms with Crippen molar-refractivity contribution in [3.8, 4) is 0 Å². The van der Waals surface area contributed by atoms with Crippen molar-refractivity contribution in [2.24, 2.45) is 0 Å². The SMILES string of the molecule is O=CNc1ccc(C=O)cc1. The maximum atomic E-state index is 10.2. The Hall–Kier alpha value is -1.64. The van der Waals surface area contributed by atoms with Gasteiger partial charge in [0.15, 0.2) is 0 Å². The Morgan fingerprint density at radius 2 is 1.73 bits per heavy atom. The van der Waals surface area contributed by atoms with Gasteiger partial charge in [0.05, 0.1) is 0 Å². The highest BCUT2D eigenvalue weighted by Crippen LogP contribution is 2.06. The summed E-state index contributed by atoms with van der Waals surface area (Å²) in [5.41, 5.74) is 1.28. The first-order valence-electron chi connectivity index (χ1n) is 3.12. The molecule has 0 spiro atoms. The van der Waals surface area contributed by atoms with Crippen LogP contribution in [-0.4, -0.2) is 12.7 Å². The van der Waals surface area contributed by atoms with Gasteiger partial charge in [0.2, 0.25) is 6.41 Å². The van der Waals surface area contributed by atoms with Crippen LogP contribution in [0.3, 0.4) is 0 Å². The van der Waals surface area contributed by atoms with Gasteiger partial charge >= 0.3 is 0 Å². The third kappa shape index (κ3) is 1.89. The fourth-order valence-corrected chi connectivity index (χ4v) is 0.726. The molecule has 0 saturated heterocycles. The molecule has 0 heterocycles. The number of benzene rings is 1. The number of nitrogens with one attached hydrogen (secondary N) is 1. The van der Waals surface area contributed by atoms with E-state index in [1.54, 1.807) is 24.3 Å². The average Bonchev–Trinajstić information content (AvgIpc) is 2.07. The Bertz CT molecular complexity index is 253. The molecule has 1 N–H and O–H groups in total. The van der Waals surface area contributed by atoms with Crippen LogP contribution < -0.4 is 5.32 Å². The van der Waals surface area contributed by atoms with E-state index in [1.165, 1.54) is 0 Å². The van der Waals surface area contributed by atoms with E-state index in [9.17, 15) is 9.59 Å². The van der Waals surface area contributed by atoms with Gasteiger partial charge in [-0.15, -0.1) is 0 Å². The summed E-state index contributed by atoms with van der Waals surface area (Å²) in [4.78, 5) is 20.1. The molecular weight excluding hydrogens is 142 g/mol. The van der Waals surface area contributed by atoms with Crippen molar-refractivity contribution in [1.82, 2.24) is 0 Å². The second-order valence-corrected chi connectivity index (χ2v) is 2.00. The summed E-state index contributed by atoms with van der Waals surface area (Å²) in [6, 6.07) is 6.61. The lowest BCUT2D eigenvalue weighted by atomic mass is 10.2. The van der Waals surface area contributed by atoms with E-state index in [4.69, 9.17) is 0 Å². The summed E-state index contributed by atoms with van der Waals surface area (Å²) in [5, 5.41) is 2.46. The quantitative estimate of drug-likeness (QED) is 0.653. The minimum absolute atomic E-state index is 0.593. The molecule has 0 aromatic heterocycles. The minimum atomic E-state index is 0.593. The van der Waals surface area contributed by atoms with E-state index in [1.807, 2.05) is 0 Å². The van der Waals surface area contributed by atoms with E-state index >= 15 is 0 Å².